The lowest BCUT2D eigenvalue weighted by atomic mass is 9.95. The Morgan fingerprint density at radius 2 is 1.81 bits per heavy atom. The van der Waals surface area contributed by atoms with E-state index < -0.39 is 0 Å². The highest BCUT2D eigenvalue weighted by atomic mass is 16.5. The zero-order chi connectivity index (χ0) is 22.7. The minimum absolute atomic E-state index is 0.0822. The number of likely N-dealkylation sites (tertiary alicyclic amines) is 1. The maximum absolute atomic E-state index is 13.4. The molecule has 2 aliphatic heterocycles. The summed E-state index contributed by atoms with van der Waals surface area (Å²) in [5.74, 6) is 1.68. The summed E-state index contributed by atoms with van der Waals surface area (Å²) in [5.41, 5.74) is 5.63. The second kappa shape index (κ2) is 9.86. The van der Waals surface area contributed by atoms with E-state index in [-0.39, 0.29) is 11.9 Å². The summed E-state index contributed by atoms with van der Waals surface area (Å²) >= 11 is 0. The third-order valence-corrected chi connectivity index (χ3v) is 6.68. The summed E-state index contributed by atoms with van der Waals surface area (Å²) < 4.78 is 5.61. The Bertz CT molecular complexity index is 975. The van der Waals surface area contributed by atoms with Crippen molar-refractivity contribution in [2.75, 3.05) is 26.2 Å². The molecule has 0 bridgehead atoms. The molecule has 5 heteroatoms. The summed E-state index contributed by atoms with van der Waals surface area (Å²) in [5, 5.41) is 6.64. The normalized spacial score (nSPS) is 19.8. The molecule has 2 aromatic carbocycles. The van der Waals surface area contributed by atoms with E-state index >= 15 is 0 Å². The third kappa shape index (κ3) is 5.04. The Morgan fingerprint density at radius 3 is 2.50 bits per heavy atom. The molecule has 1 atom stereocenters. The number of amides is 1. The van der Waals surface area contributed by atoms with Gasteiger partial charge in [0.1, 0.15) is 5.75 Å². The number of rotatable bonds is 6. The van der Waals surface area contributed by atoms with Crippen LogP contribution in [0.25, 0.3) is 0 Å². The molecule has 0 spiro atoms. The van der Waals surface area contributed by atoms with Gasteiger partial charge in [0.25, 0.3) is 5.91 Å². The molecule has 0 aromatic heterocycles. The van der Waals surface area contributed by atoms with Crippen molar-refractivity contribution in [1.82, 2.24) is 9.91 Å². The van der Waals surface area contributed by atoms with Gasteiger partial charge >= 0.3 is 0 Å². The number of hydrogen-bond acceptors (Lipinski definition) is 4. The highest BCUT2D eigenvalue weighted by Crippen LogP contribution is 2.34. The van der Waals surface area contributed by atoms with Gasteiger partial charge in [-0.3, -0.25) is 9.69 Å². The predicted molar refractivity (Wildman–Crippen MR) is 129 cm³/mol. The number of aryl methyl sites for hydroxylation is 2. The fraction of sp³-hybridized carbons (Fsp3) is 0.481. The standard InChI is InChI=1S/C27H35N3O2/c1-5-32-23-10-8-22(9-11-23)26-17-25(24-16-20(3)6-7-21(24)4)28-30(26)27(31)18-29-14-12-19(2)13-15-29/h6-11,16,19,26H,5,12-15,17-18H2,1-4H3/t26-/m0/s1. The molecule has 1 fully saturated rings. The highest BCUT2D eigenvalue weighted by Gasteiger charge is 2.34. The number of carbonyl (C=O) groups is 1. The molecule has 4 rings (SSSR count). The smallest absolute Gasteiger partial charge is 0.257 e. The molecule has 0 aliphatic carbocycles. The van der Waals surface area contributed by atoms with Crippen LogP contribution in [0.5, 0.6) is 5.75 Å². The van der Waals surface area contributed by atoms with E-state index in [0.29, 0.717) is 13.2 Å². The lowest BCUT2D eigenvalue weighted by molar-refractivity contribution is -0.134. The Hall–Kier alpha value is -2.66. The van der Waals surface area contributed by atoms with E-state index in [0.717, 1.165) is 60.9 Å². The first-order valence-electron chi connectivity index (χ1n) is 11.9. The van der Waals surface area contributed by atoms with Gasteiger partial charge in [0.2, 0.25) is 0 Å². The van der Waals surface area contributed by atoms with Crippen LogP contribution in [0.4, 0.5) is 0 Å². The van der Waals surface area contributed by atoms with Crippen molar-refractivity contribution in [3.8, 4) is 5.75 Å². The van der Waals surface area contributed by atoms with Crippen LogP contribution in [-0.4, -0.2) is 47.8 Å². The van der Waals surface area contributed by atoms with Gasteiger partial charge in [-0.15, -0.1) is 0 Å². The minimum Gasteiger partial charge on any atom is -0.494 e. The SMILES string of the molecule is CCOc1ccc([C@@H]2CC(c3cc(C)ccc3C)=NN2C(=O)CN2CCC(C)CC2)cc1. The van der Waals surface area contributed by atoms with Crippen LogP contribution in [0.15, 0.2) is 47.6 Å². The summed E-state index contributed by atoms with van der Waals surface area (Å²) in [6, 6.07) is 14.5. The first-order chi connectivity index (χ1) is 15.4. The minimum atomic E-state index is -0.0863. The van der Waals surface area contributed by atoms with Crippen LogP contribution in [-0.2, 0) is 4.79 Å². The monoisotopic (exact) mass is 433 g/mol. The van der Waals surface area contributed by atoms with Gasteiger partial charge in [0.15, 0.2) is 0 Å². The van der Waals surface area contributed by atoms with Crippen molar-refractivity contribution in [2.24, 2.45) is 11.0 Å². The van der Waals surface area contributed by atoms with Gasteiger partial charge in [0, 0.05) is 12.0 Å². The van der Waals surface area contributed by atoms with Gasteiger partial charge < -0.3 is 4.74 Å². The fourth-order valence-corrected chi connectivity index (χ4v) is 4.65. The van der Waals surface area contributed by atoms with Crippen LogP contribution < -0.4 is 4.74 Å². The van der Waals surface area contributed by atoms with E-state index in [1.54, 1.807) is 5.01 Å². The van der Waals surface area contributed by atoms with Crippen molar-refractivity contribution in [1.29, 1.82) is 0 Å². The molecule has 0 radical (unpaired) electrons. The van der Waals surface area contributed by atoms with E-state index in [2.05, 4.69) is 56.0 Å². The Morgan fingerprint density at radius 1 is 1.09 bits per heavy atom. The van der Waals surface area contributed by atoms with Crippen molar-refractivity contribution in [3.63, 3.8) is 0 Å². The Balaban J connectivity index is 1.60. The molecule has 2 aliphatic rings. The molecule has 1 saturated heterocycles. The van der Waals surface area contributed by atoms with Gasteiger partial charge in [-0.05, 0) is 81.9 Å². The van der Waals surface area contributed by atoms with Crippen LogP contribution in [0, 0.1) is 19.8 Å². The Kier molecular flexibility index (Phi) is 6.95. The third-order valence-electron chi connectivity index (χ3n) is 6.68. The number of carbonyl (C=O) groups excluding carboxylic acids is 1. The summed E-state index contributed by atoms with van der Waals surface area (Å²) in [4.78, 5) is 15.7. The Labute approximate surface area is 192 Å². The van der Waals surface area contributed by atoms with Crippen molar-refractivity contribution in [3.05, 3.63) is 64.7 Å². The lowest BCUT2D eigenvalue weighted by Gasteiger charge is -2.31. The van der Waals surface area contributed by atoms with Crippen LogP contribution in [0.1, 0.15) is 61.4 Å². The van der Waals surface area contributed by atoms with Crippen LogP contribution >= 0.6 is 0 Å². The molecular formula is C27H35N3O2. The molecule has 0 saturated carbocycles. The summed E-state index contributed by atoms with van der Waals surface area (Å²) in [7, 11) is 0. The molecule has 0 N–H and O–H groups in total. The highest BCUT2D eigenvalue weighted by molar-refractivity contribution is 6.04. The number of hydrogen-bond donors (Lipinski definition) is 0. The van der Waals surface area contributed by atoms with E-state index in [1.165, 1.54) is 11.1 Å². The summed E-state index contributed by atoms with van der Waals surface area (Å²) in [6.45, 7) is 11.5. The van der Waals surface area contributed by atoms with Crippen molar-refractivity contribution in [2.45, 2.75) is 53.0 Å². The summed E-state index contributed by atoms with van der Waals surface area (Å²) in [6.07, 6.45) is 3.04. The number of piperidine rings is 1. The quantitative estimate of drug-likeness (QED) is 0.636. The van der Waals surface area contributed by atoms with Crippen LogP contribution in [0.3, 0.4) is 0 Å². The lowest BCUT2D eigenvalue weighted by Crippen LogP contribution is -2.41. The molecular weight excluding hydrogens is 398 g/mol. The van der Waals surface area contributed by atoms with Gasteiger partial charge in [-0.2, -0.15) is 5.10 Å². The van der Waals surface area contributed by atoms with Crippen molar-refractivity contribution >= 4 is 11.6 Å². The number of hydrazone groups is 1. The molecule has 2 heterocycles. The van der Waals surface area contributed by atoms with Crippen molar-refractivity contribution < 1.29 is 9.53 Å². The van der Waals surface area contributed by atoms with E-state index in [9.17, 15) is 4.79 Å². The first-order valence-corrected chi connectivity index (χ1v) is 11.9. The average Bonchev–Trinajstić information content (AvgIpc) is 3.23. The molecule has 2 aromatic rings. The molecule has 170 valence electrons. The first kappa shape index (κ1) is 22.5. The second-order valence-corrected chi connectivity index (χ2v) is 9.28. The largest absolute Gasteiger partial charge is 0.494 e. The predicted octanol–water partition coefficient (Wildman–Crippen LogP) is 5.11. The van der Waals surface area contributed by atoms with Gasteiger partial charge in [0.05, 0.1) is 24.9 Å². The zero-order valence-corrected chi connectivity index (χ0v) is 19.8. The van der Waals surface area contributed by atoms with Crippen LogP contribution in [0.2, 0.25) is 0 Å². The maximum atomic E-state index is 13.4. The maximum Gasteiger partial charge on any atom is 0.257 e. The van der Waals surface area contributed by atoms with Gasteiger partial charge in [-0.25, -0.2) is 5.01 Å². The number of nitrogens with zero attached hydrogens (tertiary/aromatic N) is 3. The van der Waals surface area contributed by atoms with Gasteiger partial charge in [-0.1, -0.05) is 36.8 Å². The molecule has 32 heavy (non-hydrogen) atoms. The zero-order valence-electron chi connectivity index (χ0n) is 19.8. The van der Waals surface area contributed by atoms with E-state index in [1.807, 2.05) is 19.1 Å². The number of ether oxygens (including phenoxy) is 1. The average molecular weight is 434 g/mol. The molecule has 0 unspecified atom stereocenters. The number of benzene rings is 2. The molecule has 5 nitrogen and oxygen atoms in total. The fourth-order valence-electron chi connectivity index (χ4n) is 4.65. The van der Waals surface area contributed by atoms with E-state index in [4.69, 9.17) is 9.84 Å². The molecule has 1 amide bonds. The second-order valence-electron chi connectivity index (χ2n) is 9.28. The topological polar surface area (TPSA) is 45.1 Å².